The van der Waals surface area contributed by atoms with E-state index in [-0.39, 0.29) is 0 Å². The second kappa shape index (κ2) is 6.75. The molecule has 3 nitrogen and oxygen atoms in total. The van der Waals surface area contributed by atoms with Crippen LogP contribution in [0.1, 0.15) is 0 Å². The van der Waals surface area contributed by atoms with Gasteiger partial charge in [0.2, 0.25) is 16.4 Å². The zero-order chi connectivity index (χ0) is 17.2. The van der Waals surface area contributed by atoms with Gasteiger partial charge in [0.15, 0.2) is 0 Å². The molecule has 0 spiro atoms. The van der Waals surface area contributed by atoms with Crippen molar-refractivity contribution in [3.05, 3.63) is 30.3 Å². The summed E-state index contributed by atoms with van der Waals surface area (Å²) < 4.78 is 103. The van der Waals surface area contributed by atoms with E-state index in [9.17, 15) is 34.8 Å². The highest BCUT2D eigenvalue weighted by molar-refractivity contribution is 9.09. The highest BCUT2D eigenvalue weighted by Crippen LogP contribution is 2.42. The first-order chi connectivity index (χ1) is 9.95. The van der Waals surface area contributed by atoms with Crippen LogP contribution in [-0.2, 0) is 10.0 Å². The molecule has 0 amide bonds. The molecule has 0 aliphatic rings. The van der Waals surface area contributed by atoms with E-state index < -0.39 is 44.6 Å². The van der Waals surface area contributed by atoms with Crippen LogP contribution in [0.15, 0.2) is 35.2 Å². The van der Waals surface area contributed by atoms with Gasteiger partial charge in [-0.15, -0.1) is 0 Å². The van der Waals surface area contributed by atoms with Gasteiger partial charge in [-0.3, -0.25) is 0 Å². The van der Waals surface area contributed by atoms with E-state index in [0.717, 1.165) is 16.9 Å². The SMILES string of the molecule is O=S(=O)(N[C@@](F)([C@@H](CBr)C(F)F)C(F)(F)F)c1ccccc1. The molecule has 22 heavy (non-hydrogen) atoms. The fourth-order valence-corrected chi connectivity index (χ4v) is 3.57. The molecule has 1 rings (SSSR count). The van der Waals surface area contributed by atoms with Crippen molar-refractivity contribution in [1.29, 1.82) is 0 Å². The minimum absolute atomic E-state index is 0.677. The van der Waals surface area contributed by atoms with Crippen molar-refractivity contribution in [2.24, 2.45) is 5.92 Å². The molecule has 0 heterocycles. The highest BCUT2D eigenvalue weighted by Gasteiger charge is 2.65. The number of alkyl halides is 7. The summed E-state index contributed by atoms with van der Waals surface area (Å²) in [4.78, 5) is -0.677. The van der Waals surface area contributed by atoms with Crippen LogP contribution < -0.4 is 4.72 Å². The van der Waals surface area contributed by atoms with Crippen LogP contribution in [0, 0.1) is 5.92 Å². The van der Waals surface area contributed by atoms with Crippen LogP contribution >= 0.6 is 15.9 Å². The predicted molar refractivity (Wildman–Crippen MR) is 69.9 cm³/mol. The van der Waals surface area contributed by atoms with Crippen LogP contribution in [0.2, 0.25) is 0 Å². The minimum atomic E-state index is -5.87. The first-order valence-corrected chi connectivity index (χ1v) is 8.25. The minimum Gasteiger partial charge on any atom is -0.215 e. The second-order valence-corrected chi connectivity index (χ2v) is 6.55. The summed E-state index contributed by atoms with van der Waals surface area (Å²) in [7, 11) is -4.99. The molecular formula is C11H10BrF6NO2S. The summed E-state index contributed by atoms with van der Waals surface area (Å²) in [5.74, 6) is -7.77. The van der Waals surface area contributed by atoms with Crippen molar-refractivity contribution in [3.63, 3.8) is 0 Å². The molecule has 0 fully saturated rings. The molecule has 0 aliphatic heterocycles. The molecule has 0 saturated carbocycles. The van der Waals surface area contributed by atoms with E-state index in [4.69, 9.17) is 0 Å². The van der Waals surface area contributed by atoms with Crippen LogP contribution in [0.4, 0.5) is 26.3 Å². The normalized spacial score (nSPS) is 17.3. The highest BCUT2D eigenvalue weighted by atomic mass is 79.9. The van der Waals surface area contributed by atoms with Crippen molar-refractivity contribution in [3.8, 4) is 0 Å². The Morgan fingerprint density at radius 3 is 1.95 bits per heavy atom. The number of benzene rings is 1. The van der Waals surface area contributed by atoms with Gasteiger partial charge in [-0.2, -0.15) is 17.9 Å². The average molecular weight is 414 g/mol. The lowest BCUT2D eigenvalue weighted by Crippen LogP contribution is -2.62. The number of halogens is 7. The molecule has 0 aliphatic carbocycles. The molecule has 0 bridgehead atoms. The van der Waals surface area contributed by atoms with Gasteiger partial charge in [-0.05, 0) is 12.1 Å². The molecule has 2 atom stereocenters. The van der Waals surface area contributed by atoms with Gasteiger partial charge in [0.25, 0.3) is 5.79 Å². The molecule has 0 aromatic heterocycles. The molecule has 11 heteroatoms. The first kappa shape index (κ1) is 19.2. The Balaban J connectivity index is 3.32. The van der Waals surface area contributed by atoms with Crippen molar-refractivity contribution >= 4 is 26.0 Å². The average Bonchev–Trinajstić information content (AvgIpc) is 2.38. The predicted octanol–water partition coefficient (Wildman–Crippen LogP) is 3.47. The Bertz CT molecular complexity index is 594. The Hall–Kier alpha value is -0.810. The van der Waals surface area contributed by atoms with Crippen LogP contribution in [0.25, 0.3) is 0 Å². The number of nitrogens with one attached hydrogen (secondary N) is 1. The Labute approximate surface area is 130 Å². The topological polar surface area (TPSA) is 46.2 Å². The van der Waals surface area contributed by atoms with E-state index in [1.165, 1.54) is 18.2 Å². The van der Waals surface area contributed by atoms with Crippen molar-refractivity contribution in [1.82, 2.24) is 4.72 Å². The zero-order valence-electron chi connectivity index (χ0n) is 10.6. The summed E-state index contributed by atoms with van der Waals surface area (Å²) in [6, 6.07) is 5.58. The lowest BCUT2D eigenvalue weighted by atomic mass is 10.0. The molecule has 0 saturated heterocycles. The largest absolute Gasteiger partial charge is 0.437 e. The quantitative estimate of drug-likeness (QED) is 0.441. The van der Waals surface area contributed by atoms with E-state index in [1.807, 2.05) is 0 Å². The summed E-state index contributed by atoms with van der Waals surface area (Å²) in [6.45, 7) is 0. The Kier molecular flexibility index (Phi) is 5.90. The first-order valence-electron chi connectivity index (χ1n) is 5.64. The van der Waals surface area contributed by atoms with Gasteiger partial charge in [-0.25, -0.2) is 21.6 Å². The van der Waals surface area contributed by atoms with Gasteiger partial charge in [-0.1, -0.05) is 34.1 Å². The smallest absolute Gasteiger partial charge is 0.215 e. The molecular weight excluding hydrogens is 404 g/mol. The number of hydrogen-bond donors (Lipinski definition) is 1. The lowest BCUT2D eigenvalue weighted by Gasteiger charge is -2.34. The van der Waals surface area contributed by atoms with Gasteiger partial charge in [0.05, 0.1) is 10.8 Å². The fourth-order valence-electron chi connectivity index (χ4n) is 1.55. The Morgan fingerprint density at radius 1 is 1.09 bits per heavy atom. The fraction of sp³-hybridized carbons (Fsp3) is 0.455. The van der Waals surface area contributed by atoms with Gasteiger partial charge in [0.1, 0.15) is 0 Å². The van der Waals surface area contributed by atoms with Gasteiger partial charge in [0, 0.05) is 5.33 Å². The van der Waals surface area contributed by atoms with Crippen molar-refractivity contribution in [2.45, 2.75) is 23.3 Å². The third-order valence-corrected chi connectivity index (χ3v) is 4.89. The summed E-state index contributed by atoms with van der Waals surface area (Å²) in [6.07, 6.45) is -9.62. The van der Waals surface area contributed by atoms with E-state index in [2.05, 4.69) is 15.9 Å². The molecule has 1 N–H and O–H groups in total. The molecule has 0 radical (unpaired) electrons. The zero-order valence-corrected chi connectivity index (χ0v) is 13.0. The third-order valence-electron chi connectivity index (χ3n) is 2.73. The molecule has 0 unspecified atom stereocenters. The number of hydrogen-bond acceptors (Lipinski definition) is 2. The van der Waals surface area contributed by atoms with Crippen LogP contribution in [0.5, 0.6) is 0 Å². The standard InChI is InChI=1S/C11H10BrF6NO2S/c12-6-8(9(13)14)10(15,11(16,17)18)19-22(20,21)7-4-2-1-3-5-7/h1-5,8-9,19H,6H2/t8-,10-/m0/s1. The Morgan fingerprint density at radius 2 is 1.59 bits per heavy atom. The third kappa shape index (κ3) is 3.93. The van der Waals surface area contributed by atoms with Crippen molar-refractivity contribution < 1.29 is 34.8 Å². The molecule has 126 valence electrons. The van der Waals surface area contributed by atoms with Crippen molar-refractivity contribution in [2.75, 3.05) is 5.33 Å². The number of rotatable bonds is 6. The summed E-state index contributed by atoms with van der Waals surface area (Å²) in [5.41, 5.74) is 0. The molecule has 1 aromatic carbocycles. The lowest BCUT2D eigenvalue weighted by molar-refractivity contribution is -0.262. The van der Waals surface area contributed by atoms with E-state index in [1.54, 1.807) is 0 Å². The maximum atomic E-state index is 14.3. The van der Waals surface area contributed by atoms with Gasteiger partial charge >= 0.3 is 6.18 Å². The van der Waals surface area contributed by atoms with Crippen LogP contribution in [0.3, 0.4) is 0 Å². The second-order valence-electron chi connectivity index (χ2n) is 4.22. The summed E-state index contributed by atoms with van der Waals surface area (Å²) >= 11 is 2.35. The maximum Gasteiger partial charge on any atom is 0.437 e. The van der Waals surface area contributed by atoms with Gasteiger partial charge < -0.3 is 0 Å². The van der Waals surface area contributed by atoms with E-state index in [0.29, 0.717) is 0 Å². The maximum absolute atomic E-state index is 14.3. The molecule has 1 aromatic rings. The monoisotopic (exact) mass is 413 g/mol. The summed E-state index contributed by atoms with van der Waals surface area (Å²) in [5, 5.41) is -1.10. The number of sulfonamides is 1. The van der Waals surface area contributed by atoms with Crippen LogP contribution in [-0.4, -0.2) is 32.1 Å². The van der Waals surface area contributed by atoms with E-state index >= 15 is 0 Å².